The van der Waals surface area contributed by atoms with Crippen LogP contribution in [0.2, 0.25) is 0 Å². The molecule has 0 bridgehead atoms. The molecular weight excluding hydrogens is 248 g/mol. The van der Waals surface area contributed by atoms with Crippen LogP contribution in [0.15, 0.2) is 29.2 Å². The second-order valence-corrected chi connectivity index (χ2v) is 6.76. The van der Waals surface area contributed by atoms with Crippen molar-refractivity contribution in [1.82, 2.24) is 4.31 Å². The molecule has 0 atom stereocenters. The van der Waals surface area contributed by atoms with E-state index in [0.29, 0.717) is 18.0 Å². The number of nitriles is 1. The molecule has 1 saturated carbocycles. The Morgan fingerprint density at radius 2 is 1.94 bits per heavy atom. The summed E-state index contributed by atoms with van der Waals surface area (Å²) in [5, 5.41) is 8.69. The summed E-state index contributed by atoms with van der Waals surface area (Å²) in [6.45, 7) is 0.586. The Hall–Kier alpha value is -1.38. The molecule has 0 aromatic heterocycles. The van der Waals surface area contributed by atoms with Crippen LogP contribution in [-0.4, -0.2) is 26.3 Å². The normalized spacial score (nSPS) is 16.3. The first kappa shape index (κ1) is 13.1. The van der Waals surface area contributed by atoms with Crippen LogP contribution in [0.3, 0.4) is 0 Å². The van der Waals surface area contributed by atoms with E-state index >= 15 is 0 Å². The number of benzene rings is 1. The molecule has 0 spiro atoms. The molecule has 0 heterocycles. The average molecular weight is 264 g/mol. The van der Waals surface area contributed by atoms with E-state index in [0.717, 1.165) is 12.8 Å². The molecule has 1 aromatic rings. The maximum atomic E-state index is 12.3. The van der Waals surface area contributed by atoms with Crippen LogP contribution < -0.4 is 0 Å². The summed E-state index contributed by atoms with van der Waals surface area (Å²) in [4.78, 5) is 0.253. The summed E-state index contributed by atoms with van der Waals surface area (Å²) >= 11 is 0. The van der Waals surface area contributed by atoms with E-state index < -0.39 is 10.0 Å². The van der Waals surface area contributed by atoms with Crippen molar-refractivity contribution >= 4 is 10.0 Å². The van der Waals surface area contributed by atoms with Crippen LogP contribution in [0.5, 0.6) is 0 Å². The Morgan fingerprint density at radius 3 is 2.39 bits per heavy atom. The van der Waals surface area contributed by atoms with Gasteiger partial charge < -0.3 is 0 Å². The Balaban J connectivity index is 2.15. The van der Waals surface area contributed by atoms with Crippen molar-refractivity contribution in [1.29, 1.82) is 5.26 Å². The fourth-order valence-electron chi connectivity index (χ4n) is 2.02. The molecule has 0 amide bonds. The summed E-state index contributed by atoms with van der Waals surface area (Å²) in [7, 11) is -1.79. The molecule has 1 aliphatic carbocycles. The van der Waals surface area contributed by atoms with Gasteiger partial charge in [-0.25, -0.2) is 12.7 Å². The highest BCUT2D eigenvalue weighted by molar-refractivity contribution is 7.89. The summed E-state index contributed by atoms with van der Waals surface area (Å²) in [6.07, 6.45) is 3.44. The van der Waals surface area contributed by atoms with Gasteiger partial charge in [0.1, 0.15) is 0 Å². The number of hydrogen-bond donors (Lipinski definition) is 0. The third kappa shape index (κ3) is 2.55. The lowest BCUT2D eigenvalue weighted by atomic mass is 9.86. The molecule has 5 heteroatoms. The van der Waals surface area contributed by atoms with E-state index in [-0.39, 0.29) is 4.90 Å². The van der Waals surface area contributed by atoms with E-state index in [1.165, 1.54) is 35.0 Å². The Bertz CT molecular complexity index is 554. The Kier molecular flexibility index (Phi) is 3.69. The zero-order valence-electron chi connectivity index (χ0n) is 10.3. The molecule has 0 unspecified atom stereocenters. The van der Waals surface area contributed by atoms with Gasteiger partial charge in [-0.1, -0.05) is 6.42 Å². The lowest BCUT2D eigenvalue weighted by molar-refractivity contribution is 0.263. The van der Waals surface area contributed by atoms with Crippen LogP contribution >= 0.6 is 0 Å². The third-order valence-electron chi connectivity index (χ3n) is 3.43. The molecule has 18 heavy (non-hydrogen) atoms. The Morgan fingerprint density at radius 1 is 1.33 bits per heavy atom. The summed E-state index contributed by atoms with van der Waals surface area (Å²) in [6, 6.07) is 8.02. The van der Waals surface area contributed by atoms with Gasteiger partial charge in [0.2, 0.25) is 10.0 Å². The first-order chi connectivity index (χ1) is 8.54. The van der Waals surface area contributed by atoms with Gasteiger partial charge >= 0.3 is 0 Å². The quantitative estimate of drug-likeness (QED) is 0.835. The van der Waals surface area contributed by atoms with Crippen LogP contribution in [-0.2, 0) is 10.0 Å². The van der Waals surface area contributed by atoms with Crippen molar-refractivity contribution in [2.45, 2.75) is 24.2 Å². The van der Waals surface area contributed by atoms with Crippen LogP contribution in [0.4, 0.5) is 0 Å². The zero-order chi connectivity index (χ0) is 13.2. The van der Waals surface area contributed by atoms with Gasteiger partial charge in [-0.2, -0.15) is 5.26 Å². The molecule has 96 valence electrons. The van der Waals surface area contributed by atoms with Gasteiger partial charge in [0.05, 0.1) is 16.5 Å². The number of nitrogens with zero attached hydrogens (tertiary/aromatic N) is 2. The molecule has 1 fully saturated rings. The molecule has 1 aromatic carbocycles. The molecule has 0 saturated heterocycles. The molecule has 2 rings (SSSR count). The van der Waals surface area contributed by atoms with Crippen molar-refractivity contribution in [3.63, 3.8) is 0 Å². The molecular formula is C13H16N2O2S. The molecule has 4 nitrogen and oxygen atoms in total. The van der Waals surface area contributed by atoms with E-state index in [4.69, 9.17) is 5.26 Å². The smallest absolute Gasteiger partial charge is 0.207 e. The second-order valence-electron chi connectivity index (χ2n) is 4.72. The summed E-state index contributed by atoms with van der Waals surface area (Å²) < 4.78 is 25.9. The predicted octanol–water partition coefficient (Wildman–Crippen LogP) is 1.98. The Labute approximate surface area is 108 Å². The van der Waals surface area contributed by atoms with Crippen molar-refractivity contribution in [3.8, 4) is 6.07 Å². The third-order valence-corrected chi connectivity index (χ3v) is 5.27. The first-order valence-electron chi connectivity index (χ1n) is 6.00. The monoisotopic (exact) mass is 264 g/mol. The highest BCUT2D eigenvalue weighted by Gasteiger charge is 2.26. The van der Waals surface area contributed by atoms with E-state index in [9.17, 15) is 8.42 Å². The molecule has 0 radical (unpaired) electrons. The van der Waals surface area contributed by atoms with Crippen LogP contribution in [0.25, 0.3) is 0 Å². The van der Waals surface area contributed by atoms with Gasteiger partial charge in [-0.05, 0) is 43.0 Å². The van der Waals surface area contributed by atoms with Crippen LogP contribution in [0, 0.1) is 17.2 Å². The highest BCUT2D eigenvalue weighted by Crippen LogP contribution is 2.28. The second kappa shape index (κ2) is 5.09. The maximum absolute atomic E-state index is 12.3. The zero-order valence-corrected chi connectivity index (χ0v) is 11.2. The van der Waals surface area contributed by atoms with Gasteiger partial charge in [0.25, 0.3) is 0 Å². The van der Waals surface area contributed by atoms with Gasteiger partial charge in [-0.3, -0.25) is 0 Å². The minimum atomic E-state index is -3.41. The molecule has 0 aliphatic heterocycles. The van der Waals surface area contributed by atoms with Gasteiger partial charge in [0, 0.05) is 13.6 Å². The van der Waals surface area contributed by atoms with Gasteiger partial charge in [-0.15, -0.1) is 0 Å². The van der Waals surface area contributed by atoms with E-state index in [1.807, 2.05) is 6.07 Å². The number of sulfonamides is 1. The topological polar surface area (TPSA) is 61.2 Å². The summed E-state index contributed by atoms with van der Waals surface area (Å²) in [5.74, 6) is 0.503. The fraction of sp³-hybridized carbons (Fsp3) is 0.462. The lowest BCUT2D eigenvalue weighted by Gasteiger charge is -2.29. The average Bonchev–Trinajstić information content (AvgIpc) is 2.33. The number of rotatable bonds is 4. The molecule has 1 aliphatic rings. The molecule has 0 N–H and O–H groups in total. The minimum absolute atomic E-state index is 0.253. The van der Waals surface area contributed by atoms with Crippen molar-refractivity contribution in [2.75, 3.05) is 13.6 Å². The lowest BCUT2D eigenvalue weighted by Crippen LogP contribution is -2.34. The maximum Gasteiger partial charge on any atom is 0.242 e. The van der Waals surface area contributed by atoms with Crippen molar-refractivity contribution < 1.29 is 8.42 Å². The summed E-state index contributed by atoms with van der Waals surface area (Å²) in [5.41, 5.74) is 0.468. The SMILES string of the molecule is CN(CC1CCC1)S(=O)(=O)c1ccc(C#N)cc1. The van der Waals surface area contributed by atoms with Crippen molar-refractivity contribution in [2.24, 2.45) is 5.92 Å². The van der Waals surface area contributed by atoms with E-state index in [2.05, 4.69) is 0 Å². The fourth-order valence-corrected chi connectivity index (χ4v) is 3.27. The standard InChI is InChI=1S/C13H16N2O2S/c1-15(10-12-3-2-4-12)18(16,17)13-7-5-11(9-14)6-8-13/h5-8,12H,2-4,10H2,1H3. The number of hydrogen-bond acceptors (Lipinski definition) is 3. The van der Waals surface area contributed by atoms with Crippen LogP contribution in [0.1, 0.15) is 24.8 Å². The van der Waals surface area contributed by atoms with Gasteiger partial charge in [0.15, 0.2) is 0 Å². The minimum Gasteiger partial charge on any atom is -0.207 e. The van der Waals surface area contributed by atoms with Crippen molar-refractivity contribution in [3.05, 3.63) is 29.8 Å². The van der Waals surface area contributed by atoms with E-state index in [1.54, 1.807) is 7.05 Å². The highest BCUT2D eigenvalue weighted by atomic mass is 32.2. The first-order valence-corrected chi connectivity index (χ1v) is 7.44. The predicted molar refractivity (Wildman–Crippen MR) is 68.3 cm³/mol. The largest absolute Gasteiger partial charge is 0.242 e.